The first-order chi connectivity index (χ1) is 8.78. The van der Waals surface area contributed by atoms with Gasteiger partial charge in [0.25, 0.3) is 0 Å². The van der Waals surface area contributed by atoms with E-state index in [9.17, 15) is 4.39 Å². The monoisotopic (exact) mass is 252 g/mol. The number of nitrogens with two attached hydrogens (primary N) is 1. The Hall–Kier alpha value is -1.47. The van der Waals surface area contributed by atoms with Crippen molar-refractivity contribution < 1.29 is 4.39 Å². The number of halogens is 1. The Kier molecular flexibility index (Phi) is 3.00. The molecule has 0 bridgehead atoms. The van der Waals surface area contributed by atoms with Gasteiger partial charge in [-0.15, -0.1) is 0 Å². The zero-order valence-corrected chi connectivity index (χ0v) is 10.1. The second-order valence-electron chi connectivity index (χ2n) is 4.76. The van der Waals surface area contributed by atoms with Crippen LogP contribution in [0.25, 0.3) is 0 Å². The van der Waals surface area contributed by atoms with Crippen LogP contribution in [0.5, 0.6) is 0 Å². The summed E-state index contributed by atoms with van der Waals surface area (Å²) in [5.74, 6) is 5.44. The van der Waals surface area contributed by atoms with Crippen LogP contribution in [0.3, 0.4) is 0 Å². The van der Waals surface area contributed by atoms with Crippen LogP contribution in [0.1, 0.15) is 12.8 Å². The molecule has 1 aromatic rings. The molecule has 0 amide bonds. The highest BCUT2D eigenvalue weighted by atomic mass is 19.1. The standard InChI is InChI=1S/C11H17FN6/c12-9-7-14-11(16-13)15-10(9)18-5-3-17(4-6-18)8-1-2-8/h7-8H,1-6,13H2,(H,14,15,16). The van der Waals surface area contributed by atoms with Gasteiger partial charge in [0, 0.05) is 32.2 Å². The first-order valence-electron chi connectivity index (χ1n) is 6.26. The summed E-state index contributed by atoms with van der Waals surface area (Å²) in [6, 6.07) is 0.767. The zero-order chi connectivity index (χ0) is 12.5. The molecule has 0 unspecified atom stereocenters. The van der Waals surface area contributed by atoms with Gasteiger partial charge in [0.1, 0.15) is 0 Å². The molecular weight excluding hydrogens is 235 g/mol. The summed E-state index contributed by atoms with van der Waals surface area (Å²) in [5.41, 5.74) is 2.34. The van der Waals surface area contributed by atoms with Crippen molar-refractivity contribution in [3.05, 3.63) is 12.0 Å². The van der Waals surface area contributed by atoms with Gasteiger partial charge >= 0.3 is 0 Å². The largest absolute Gasteiger partial charge is 0.351 e. The van der Waals surface area contributed by atoms with E-state index in [1.54, 1.807) is 0 Å². The summed E-state index contributed by atoms with van der Waals surface area (Å²) in [6.07, 6.45) is 3.77. The molecular formula is C11H17FN6. The van der Waals surface area contributed by atoms with E-state index >= 15 is 0 Å². The Labute approximate surface area is 105 Å². The van der Waals surface area contributed by atoms with E-state index in [1.807, 2.05) is 4.90 Å². The fraction of sp³-hybridized carbons (Fsp3) is 0.636. The third-order valence-corrected chi connectivity index (χ3v) is 3.53. The van der Waals surface area contributed by atoms with Crippen LogP contribution >= 0.6 is 0 Å². The Morgan fingerprint density at radius 3 is 2.61 bits per heavy atom. The predicted octanol–water partition coefficient (Wildman–Crippen LogP) is 0.186. The summed E-state index contributed by atoms with van der Waals surface area (Å²) < 4.78 is 13.7. The van der Waals surface area contributed by atoms with Crippen molar-refractivity contribution in [3.63, 3.8) is 0 Å². The minimum atomic E-state index is -0.395. The average Bonchev–Trinajstić information content (AvgIpc) is 3.24. The molecule has 2 fully saturated rings. The Morgan fingerprint density at radius 2 is 2.00 bits per heavy atom. The maximum Gasteiger partial charge on any atom is 0.239 e. The highest BCUT2D eigenvalue weighted by Gasteiger charge is 2.32. The maximum absolute atomic E-state index is 13.7. The van der Waals surface area contributed by atoms with Gasteiger partial charge in [-0.25, -0.2) is 15.2 Å². The summed E-state index contributed by atoms with van der Waals surface area (Å²) in [5, 5.41) is 0. The van der Waals surface area contributed by atoms with Gasteiger partial charge in [-0.3, -0.25) is 10.3 Å². The van der Waals surface area contributed by atoms with Crippen molar-refractivity contribution in [2.24, 2.45) is 5.84 Å². The van der Waals surface area contributed by atoms with Crippen molar-refractivity contribution in [3.8, 4) is 0 Å². The van der Waals surface area contributed by atoms with E-state index in [-0.39, 0.29) is 5.95 Å². The van der Waals surface area contributed by atoms with Gasteiger partial charge < -0.3 is 4.90 Å². The van der Waals surface area contributed by atoms with Gasteiger partial charge in [0.2, 0.25) is 5.95 Å². The highest BCUT2D eigenvalue weighted by Crippen LogP contribution is 2.28. The van der Waals surface area contributed by atoms with Gasteiger partial charge in [-0.1, -0.05) is 0 Å². The Balaban J connectivity index is 1.71. The SMILES string of the molecule is NNc1ncc(F)c(N2CCN(C3CC3)CC2)n1. The molecule has 6 nitrogen and oxygen atoms in total. The van der Waals surface area contributed by atoms with E-state index < -0.39 is 5.82 Å². The average molecular weight is 252 g/mol. The molecule has 1 saturated heterocycles. The molecule has 3 N–H and O–H groups in total. The number of hydrogen-bond acceptors (Lipinski definition) is 6. The number of nitrogen functional groups attached to an aromatic ring is 1. The van der Waals surface area contributed by atoms with Crippen LogP contribution in [-0.4, -0.2) is 47.1 Å². The fourth-order valence-corrected chi connectivity index (χ4v) is 2.39. The van der Waals surface area contributed by atoms with Gasteiger partial charge in [0.15, 0.2) is 11.6 Å². The van der Waals surface area contributed by atoms with Crippen molar-refractivity contribution in [2.45, 2.75) is 18.9 Å². The van der Waals surface area contributed by atoms with Gasteiger partial charge in [-0.2, -0.15) is 4.98 Å². The molecule has 2 aliphatic rings. The molecule has 1 aliphatic heterocycles. The minimum absolute atomic E-state index is 0.246. The number of piperazine rings is 1. The number of anilines is 2. The van der Waals surface area contributed by atoms with Gasteiger partial charge in [-0.05, 0) is 12.8 Å². The number of hydrogen-bond donors (Lipinski definition) is 2. The van der Waals surface area contributed by atoms with Crippen molar-refractivity contribution in [1.82, 2.24) is 14.9 Å². The van der Waals surface area contributed by atoms with E-state index in [0.717, 1.165) is 38.4 Å². The van der Waals surface area contributed by atoms with Crippen molar-refractivity contribution in [1.29, 1.82) is 0 Å². The normalized spacial score (nSPS) is 21.1. The van der Waals surface area contributed by atoms with E-state index in [4.69, 9.17) is 5.84 Å². The molecule has 18 heavy (non-hydrogen) atoms. The second-order valence-corrected chi connectivity index (χ2v) is 4.76. The molecule has 1 saturated carbocycles. The quantitative estimate of drug-likeness (QED) is 0.591. The molecule has 0 atom stereocenters. The highest BCUT2D eigenvalue weighted by molar-refractivity contribution is 5.44. The number of hydrazine groups is 1. The topological polar surface area (TPSA) is 70.3 Å². The summed E-state index contributed by atoms with van der Waals surface area (Å²) >= 11 is 0. The first kappa shape index (κ1) is 11.6. The summed E-state index contributed by atoms with van der Waals surface area (Å²) in [6.45, 7) is 3.54. The fourth-order valence-electron chi connectivity index (χ4n) is 2.39. The smallest absolute Gasteiger partial charge is 0.239 e. The molecule has 1 aliphatic carbocycles. The third kappa shape index (κ3) is 2.23. The molecule has 2 heterocycles. The molecule has 3 rings (SSSR count). The van der Waals surface area contributed by atoms with Crippen LogP contribution in [-0.2, 0) is 0 Å². The molecule has 0 spiro atoms. The first-order valence-corrected chi connectivity index (χ1v) is 6.26. The van der Waals surface area contributed by atoms with Crippen LogP contribution in [0.15, 0.2) is 6.20 Å². The number of nitrogens with zero attached hydrogens (tertiary/aromatic N) is 4. The van der Waals surface area contributed by atoms with Crippen LogP contribution in [0, 0.1) is 5.82 Å². The minimum Gasteiger partial charge on any atom is -0.351 e. The molecule has 1 aromatic heterocycles. The van der Waals surface area contributed by atoms with Crippen LogP contribution < -0.4 is 16.2 Å². The second kappa shape index (κ2) is 4.66. The number of rotatable bonds is 3. The molecule has 7 heteroatoms. The lowest BCUT2D eigenvalue weighted by Gasteiger charge is -2.35. The van der Waals surface area contributed by atoms with Crippen molar-refractivity contribution in [2.75, 3.05) is 36.5 Å². The molecule has 98 valence electrons. The number of nitrogens with one attached hydrogen (secondary N) is 1. The predicted molar refractivity (Wildman–Crippen MR) is 66.6 cm³/mol. The van der Waals surface area contributed by atoms with E-state index in [1.165, 1.54) is 12.8 Å². The maximum atomic E-state index is 13.7. The van der Waals surface area contributed by atoms with E-state index in [0.29, 0.717) is 5.82 Å². The van der Waals surface area contributed by atoms with Crippen LogP contribution in [0.2, 0.25) is 0 Å². The van der Waals surface area contributed by atoms with Gasteiger partial charge in [0.05, 0.1) is 6.20 Å². The summed E-state index contributed by atoms with van der Waals surface area (Å²) in [4.78, 5) is 12.3. The lowest BCUT2D eigenvalue weighted by atomic mass is 10.3. The number of aromatic nitrogens is 2. The molecule has 0 aromatic carbocycles. The van der Waals surface area contributed by atoms with Crippen molar-refractivity contribution >= 4 is 11.8 Å². The third-order valence-electron chi connectivity index (χ3n) is 3.53. The molecule has 0 radical (unpaired) electrons. The zero-order valence-electron chi connectivity index (χ0n) is 10.1. The lowest BCUT2D eigenvalue weighted by Crippen LogP contribution is -2.47. The Morgan fingerprint density at radius 1 is 1.28 bits per heavy atom. The summed E-state index contributed by atoms with van der Waals surface area (Å²) in [7, 11) is 0. The van der Waals surface area contributed by atoms with Crippen LogP contribution in [0.4, 0.5) is 16.2 Å². The van der Waals surface area contributed by atoms with E-state index in [2.05, 4.69) is 20.3 Å². The lowest BCUT2D eigenvalue weighted by molar-refractivity contribution is 0.247. The Bertz CT molecular complexity index is 428.